The normalized spacial score (nSPS) is 33.0. The van der Waals surface area contributed by atoms with Crippen molar-refractivity contribution in [3.05, 3.63) is 34.6 Å². The van der Waals surface area contributed by atoms with E-state index in [1.54, 1.807) is 0 Å². The molecule has 0 aliphatic carbocycles. The molecule has 3 heteroatoms. The average molecular weight is 240 g/mol. The molecule has 0 saturated carbocycles. The maximum Gasteiger partial charge on any atom is 0.124 e. The molecule has 1 nitrogen and oxygen atoms in total. The Hall–Kier alpha value is -0.600. The lowest BCUT2D eigenvalue weighted by Gasteiger charge is -2.29. The van der Waals surface area contributed by atoms with Crippen molar-refractivity contribution in [1.29, 1.82) is 0 Å². The van der Waals surface area contributed by atoms with Crippen molar-refractivity contribution in [2.24, 2.45) is 0 Å². The predicted octanol–water partition coefficient (Wildman–Crippen LogP) is 3.48. The fourth-order valence-electron chi connectivity index (χ4n) is 3.14. The SMILES string of the molecule is Fc1ccc(C2C[C@H]3CC[C@@H](C2)N3)c(Cl)c1. The van der Waals surface area contributed by atoms with E-state index in [0.717, 1.165) is 18.4 Å². The van der Waals surface area contributed by atoms with Crippen LogP contribution in [0.4, 0.5) is 4.39 Å². The molecule has 86 valence electrons. The van der Waals surface area contributed by atoms with Crippen molar-refractivity contribution in [3.8, 4) is 0 Å². The first-order valence-corrected chi connectivity index (χ1v) is 6.31. The maximum atomic E-state index is 13.0. The molecule has 0 spiro atoms. The molecule has 0 radical (unpaired) electrons. The molecule has 16 heavy (non-hydrogen) atoms. The van der Waals surface area contributed by atoms with Crippen LogP contribution in [0, 0.1) is 5.82 Å². The van der Waals surface area contributed by atoms with E-state index in [0.29, 0.717) is 23.0 Å². The van der Waals surface area contributed by atoms with Crippen molar-refractivity contribution in [2.45, 2.75) is 43.7 Å². The summed E-state index contributed by atoms with van der Waals surface area (Å²) in [6.07, 6.45) is 4.84. The highest BCUT2D eigenvalue weighted by Crippen LogP contribution is 2.39. The molecule has 0 aromatic heterocycles. The third-order valence-corrected chi connectivity index (χ3v) is 4.20. The van der Waals surface area contributed by atoms with E-state index in [2.05, 4.69) is 5.32 Å². The molecule has 2 fully saturated rings. The summed E-state index contributed by atoms with van der Waals surface area (Å²) in [6.45, 7) is 0. The van der Waals surface area contributed by atoms with Gasteiger partial charge in [0.15, 0.2) is 0 Å². The second kappa shape index (κ2) is 4.01. The number of hydrogen-bond donors (Lipinski definition) is 1. The monoisotopic (exact) mass is 239 g/mol. The molecular formula is C13H15ClFN. The fourth-order valence-corrected chi connectivity index (χ4v) is 3.47. The molecule has 1 aromatic rings. The first-order valence-electron chi connectivity index (χ1n) is 5.93. The summed E-state index contributed by atoms with van der Waals surface area (Å²) in [4.78, 5) is 0. The lowest BCUT2D eigenvalue weighted by atomic mass is 9.86. The van der Waals surface area contributed by atoms with Gasteiger partial charge in [0.25, 0.3) is 0 Å². The topological polar surface area (TPSA) is 12.0 Å². The highest BCUT2D eigenvalue weighted by molar-refractivity contribution is 6.31. The zero-order valence-electron chi connectivity index (χ0n) is 9.05. The highest BCUT2D eigenvalue weighted by atomic mass is 35.5. The number of rotatable bonds is 1. The highest BCUT2D eigenvalue weighted by Gasteiger charge is 2.34. The summed E-state index contributed by atoms with van der Waals surface area (Å²) < 4.78 is 13.0. The molecule has 3 atom stereocenters. The molecular weight excluding hydrogens is 225 g/mol. The molecule has 1 N–H and O–H groups in total. The largest absolute Gasteiger partial charge is 0.311 e. The number of hydrogen-bond acceptors (Lipinski definition) is 1. The Morgan fingerprint density at radius 3 is 2.50 bits per heavy atom. The van der Waals surface area contributed by atoms with Crippen LogP contribution in [0.15, 0.2) is 18.2 Å². The summed E-state index contributed by atoms with van der Waals surface area (Å²) in [6, 6.07) is 6.09. The summed E-state index contributed by atoms with van der Waals surface area (Å²) in [5.41, 5.74) is 1.13. The predicted molar refractivity (Wildman–Crippen MR) is 63.3 cm³/mol. The lowest BCUT2D eigenvalue weighted by Crippen LogP contribution is -2.37. The molecule has 0 amide bonds. The van der Waals surface area contributed by atoms with Gasteiger partial charge in [0.1, 0.15) is 5.82 Å². The van der Waals surface area contributed by atoms with E-state index in [1.807, 2.05) is 6.07 Å². The molecule has 2 bridgehead atoms. The molecule has 2 saturated heterocycles. The van der Waals surface area contributed by atoms with E-state index in [4.69, 9.17) is 11.6 Å². The minimum Gasteiger partial charge on any atom is -0.311 e. The van der Waals surface area contributed by atoms with Crippen LogP contribution in [-0.4, -0.2) is 12.1 Å². The second-order valence-corrected chi connectivity index (χ2v) is 5.38. The Kier molecular flexibility index (Phi) is 2.64. The molecule has 2 aliphatic heterocycles. The van der Waals surface area contributed by atoms with Crippen molar-refractivity contribution in [1.82, 2.24) is 5.32 Å². The first kappa shape index (κ1) is 10.5. The molecule has 2 heterocycles. The number of halogens is 2. The fraction of sp³-hybridized carbons (Fsp3) is 0.538. The minimum absolute atomic E-state index is 0.245. The van der Waals surface area contributed by atoms with E-state index in [1.165, 1.54) is 25.0 Å². The van der Waals surface area contributed by atoms with Crippen molar-refractivity contribution >= 4 is 11.6 Å². The third kappa shape index (κ3) is 1.85. The van der Waals surface area contributed by atoms with Gasteiger partial charge in [0.05, 0.1) is 0 Å². The summed E-state index contributed by atoms with van der Waals surface area (Å²) in [5.74, 6) is 0.262. The molecule has 2 aliphatic rings. The number of piperidine rings is 1. The van der Waals surface area contributed by atoms with Crippen LogP contribution in [0.2, 0.25) is 5.02 Å². The summed E-state index contributed by atoms with van der Waals surface area (Å²) in [7, 11) is 0. The first-order chi connectivity index (χ1) is 7.72. The van der Waals surface area contributed by atoms with Crippen molar-refractivity contribution in [2.75, 3.05) is 0 Å². The Morgan fingerprint density at radius 2 is 1.88 bits per heavy atom. The van der Waals surface area contributed by atoms with Crippen LogP contribution >= 0.6 is 11.6 Å². The smallest absolute Gasteiger partial charge is 0.124 e. The van der Waals surface area contributed by atoms with Crippen molar-refractivity contribution in [3.63, 3.8) is 0 Å². The van der Waals surface area contributed by atoms with Crippen LogP contribution < -0.4 is 5.32 Å². The van der Waals surface area contributed by atoms with Gasteiger partial charge in [-0.25, -0.2) is 4.39 Å². The van der Waals surface area contributed by atoms with Gasteiger partial charge in [0.2, 0.25) is 0 Å². The van der Waals surface area contributed by atoms with Gasteiger partial charge in [-0.3, -0.25) is 0 Å². The Labute approximate surface area is 100.0 Å². The summed E-state index contributed by atoms with van der Waals surface area (Å²) in [5, 5.41) is 4.19. The van der Waals surface area contributed by atoms with Gasteiger partial charge >= 0.3 is 0 Å². The lowest BCUT2D eigenvalue weighted by molar-refractivity contribution is 0.363. The van der Waals surface area contributed by atoms with Crippen molar-refractivity contribution < 1.29 is 4.39 Å². The quantitative estimate of drug-likeness (QED) is 0.791. The maximum absolute atomic E-state index is 13.0. The Balaban J connectivity index is 1.87. The zero-order valence-corrected chi connectivity index (χ0v) is 9.80. The van der Waals surface area contributed by atoms with E-state index >= 15 is 0 Å². The second-order valence-electron chi connectivity index (χ2n) is 4.97. The summed E-state index contributed by atoms with van der Waals surface area (Å²) >= 11 is 6.12. The van der Waals surface area contributed by atoms with Gasteiger partial charge in [-0.2, -0.15) is 0 Å². The number of fused-ring (bicyclic) bond motifs is 2. The van der Waals surface area contributed by atoms with Gasteiger partial charge in [-0.1, -0.05) is 17.7 Å². The van der Waals surface area contributed by atoms with Crippen LogP contribution in [0.25, 0.3) is 0 Å². The molecule has 1 aromatic carbocycles. The van der Waals surface area contributed by atoms with E-state index in [-0.39, 0.29) is 5.82 Å². The van der Waals surface area contributed by atoms with Crippen LogP contribution in [0.5, 0.6) is 0 Å². The standard InChI is InChI=1S/C13H15ClFN/c14-13-7-9(15)1-4-12(13)8-5-10-2-3-11(6-8)16-10/h1,4,7-8,10-11,16H,2-3,5-6H2/t8?,10-,11+. The van der Waals surface area contributed by atoms with Gasteiger partial charge in [-0.05, 0) is 49.3 Å². The Bertz CT molecular complexity index is 395. The van der Waals surface area contributed by atoms with Gasteiger partial charge in [0, 0.05) is 17.1 Å². The van der Waals surface area contributed by atoms with Crippen LogP contribution in [-0.2, 0) is 0 Å². The van der Waals surface area contributed by atoms with Crippen LogP contribution in [0.1, 0.15) is 37.2 Å². The number of nitrogens with one attached hydrogen (secondary N) is 1. The zero-order chi connectivity index (χ0) is 11.1. The average Bonchev–Trinajstić information content (AvgIpc) is 2.58. The minimum atomic E-state index is -0.245. The molecule has 1 unspecified atom stereocenters. The van der Waals surface area contributed by atoms with E-state index in [9.17, 15) is 4.39 Å². The number of benzene rings is 1. The van der Waals surface area contributed by atoms with Gasteiger partial charge in [-0.15, -0.1) is 0 Å². The van der Waals surface area contributed by atoms with Gasteiger partial charge < -0.3 is 5.32 Å². The van der Waals surface area contributed by atoms with Crippen LogP contribution in [0.3, 0.4) is 0 Å². The third-order valence-electron chi connectivity index (χ3n) is 3.88. The Morgan fingerprint density at radius 1 is 1.19 bits per heavy atom. The molecule has 3 rings (SSSR count). The van der Waals surface area contributed by atoms with E-state index < -0.39 is 0 Å².